The van der Waals surface area contributed by atoms with Gasteiger partial charge in [-0.2, -0.15) is 0 Å². The lowest BCUT2D eigenvalue weighted by molar-refractivity contribution is -0.114. The summed E-state index contributed by atoms with van der Waals surface area (Å²) in [5.41, 5.74) is 0. The lowest BCUT2D eigenvalue weighted by Gasteiger charge is -2.02. The van der Waals surface area contributed by atoms with Gasteiger partial charge in [0.05, 0.1) is 0 Å². The molecular formula is C11H13ClN2O2S. The highest BCUT2D eigenvalue weighted by atomic mass is 35.5. The van der Waals surface area contributed by atoms with Gasteiger partial charge in [0, 0.05) is 22.2 Å². The number of nitrogens with one attached hydrogen (secondary N) is 1. The van der Waals surface area contributed by atoms with E-state index in [0.717, 1.165) is 21.9 Å². The summed E-state index contributed by atoms with van der Waals surface area (Å²) < 4.78 is 0. The van der Waals surface area contributed by atoms with E-state index >= 15 is 0 Å². The molecule has 17 heavy (non-hydrogen) atoms. The highest BCUT2D eigenvalue weighted by Crippen LogP contribution is 2.19. The first-order valence-corrected chi connectivity index (χ1v) is 6.31. The van der Waals surface area contributed by atoms with Crippen LogP contribution in [0.15, 0.2) is 34.3 Å². The van der Waals surface area contributed by atoms with Gasteiger partial charge in [-0.3, -0.25) is 4.79 Å². The van der Waals surface area contributed by atoms with Gasteiger partial charge in [-0.25, -0.2) is 0 Å². The Labute approximate surface area is 109 Å². The molecule has 0 unspecified atom stereocenters. The molecule has 6 heteroatoms. The largest absolute Gasteiger partial charge is 0.399 e. The molecule has 0 atom stereocenters. The van der Waals surface area contributed by atoms with Crippen molar-refractivity contribution in [2.75, 3.05) is 19.4 Å². The number of oxime groups is 1. The number of halogens is 1. The monoisotopic (exact) mass is 272 g/mol. The minimum atomic E-state index is -0.261. The predicted molar refractivity (Wildman–Crippen MR) is 70.7 cm³/mol. The van der Waals surface area contributed by atoms with Crippen LogP contribution in [0, 0.1) is 0 Å². The molecule has 0 aliphatic rings. The third-order valence-corrected chi connectivity index (χ3v) is 3.02. The third kappa shape index (κ3) is 6.19. The minimum Gasteiger partial charge on any atom is -0.399 e. The van der Waals surface area contributed by atoms with Gasteiger partial charge in [-0.05, 0) is 24.3 Å². The third-order valence-electron chi connectivity index (χ3n) is 1.76. The first-order valence-electron chi connectivity index (χ1n) is 4.95. The predicted octanol–water partition coefficient (Wildman–Crippen LogP) is 2.18. The van der Waals surface area contributed by atoms with Gasteiger partial charge < -0.3 is 10.2 Å². The van der Waals surface area contributed by atoms with Gasteiger partial charge in [0.15, 0.2) is 0 Å². The fraction of sp³-hybridized carbons (Fsp3) is 0.273. The molecule has 0 bridgehead atoms. The average Bonchev–Trinajstić information content (AvgIpc) is 2.34. The van der Waals surface area contributed by atoms with E-state index in [9.17, 15) is 4.79 Å². The summed E-state index contributed by atoms with van der Waals surface area (Å²) in [4.78, 5) is 16.6. The summed E-state index contributed by atoms with van der Waals surface area (Å²) in [5.74, 6) is 0.525. The lowest BCUT2D eigenvalue weighted by atomic mass is 10.4. The first kappa shape index (κ1) is 13.9. The van der Waals surface area contributed by atoms with Crippen molar-refractivity contribution in [3.8, 4) is 0 Å². The van der Waals surface area contributed by atoms with Crippen LogP contribution in [0.2, 0.25) is 5.02 Å². The second-order valence-corrected chi connectivity index (χ2v) is 4.62. The van der Waals surface area contributed by atoms with E-state index in [-0.39, 0.29) is 5.91 Å². The van der Waals surface area contributed by atoms with Crippen molar-refractivity contribution in [3.63, 3.8) is 0 Å². The van der Waals surface area contributed by atoms with Crippen LogP contribution in [-0.4, -0.2) is 31.5 Å². The van der Waals surface area contributed by atoms with Crippen LogP contribution in [-0.2, 0) is 9.63 Å². The van der Waals surface area contributed by atoms with E-state index in [0.29, 0.717) is 6.54 Å². The lowest BCUT2D eigenvalue weighted by Crippen LogP contribution is -2.26. The fourth-order valence-electron chi connectivity index (χ4n) is 1.02. The van der Waals surface area contributed by atoms with Crippen LogP contribution in [0.5, 0.6) is 0 Å². The number of hydrogen-bond acceptors (Lipinski definition) is 4. The number of carbonyl (C=O) groups excluding carboxylic acids is 1. The number of hydrogen-bond donors (Lipinski definition) is 1. The molecule has 92 valence electrons. The molecule has 0 aromatic heterocycles. The number of benzene rings is 1. The second kappa shape index (κ2) is 7.97. The first-order chi connectivity index (χ1) is 8.22. The Morgan fingerprint density at radius 3 is 2.88 bits per heavy atom. The molecule has 0 heterocycles. The number of thioether (sulfide) groups is 1. The molecule has 1 aromatic rings. The average molecular weight is 273 g/mol. The van der Waals surface area contributed by atoms with Gasteiger partial charge in [0.25, 0.3) is 5.91 Å². The van der Waals surface area contributed by atoms with E-state index in [4.69, 9.17) is 11.6 Å². The molecule has 0 spiro atoms. The maximum absolute atomic E-state index is 11.1. The van der Waals surface area contributed by atoms with Crippen molar-refractivity contribution in [2.45, 2.75) is 4.90 Å². The summed E-state index contributed by atoms with van der Waals surface area (Å²) >= 11 is 7.42. The molecular weight excluding hydrogens is 260 g/mol. The van der Waals surface area contributed by atoms with Crippen LogP contribution in [0.1, 0.15) is 0 Å². The minimum absolute atomic E-state index is 0.261. The van der Waals surface area contributed by atoms with E-state index in [1.54, 1.807) is 11.8 Å². The molecule has 0 saturated heterocycles. The molecule has 1 N–H and O–H groups in total. The second-order valence-electron chi connectivity index (χ2n) is 3.01. The summed E-state index contributed by atoms with van der Waals surface area (Å²) in [7, 11) is 1.39. The fourth-order valence-corrected chi connectivity index (χ4v) is 1.91. The Balaban J connectivity index is 2.18. The highest BCUT2D eigenvalue weighted by molar-refractivity contribution is 7.99. The summed E-state index contributed by atoms with van der Waals surface area (Å²) in [5, 5.41) is 6.76. The Morgan fingerprint density at radius 2 is 2.24 bits per heavy atom. The van der Waals surface area contributed by atoms with Gasteiger partial charge >= 0.3 is 0 Å². The molecule has 0 fully saturated rings. The SMILES string of the molecule is CO/N=C/C(=O)NCCSc1ccc(Cl)cc1. The van der Waals surface area contributed by atoms with Crippen molar-refractivity contribution < 1.29 is 9.63 Å². The van der Waals surface area contributed by atoms with E-state index < -0.39 is 0 Å². The molecule has 0 aliphatic heterocycles. The number of nitrogens with zero attached hydrogens (tertiary/aromatic N) is 1. The van der Waals surface area contributed by atoms with Crippen LogP contribution in [0.3, 0.4) is 0 Å². The topological polar surface area (TPSA) is 50.7 Å². The molecule has 1 aromatic carbocycles. The molecule has 0 saturated carbocycles. The van der Waals surface area contributed by atoms with Crippen molar-refractivity contribution in [2.24, 2.45) is 5.16 Å². The Bertz CT molecular complexity index is 382. The van der Waals surface area contributed by atoms with E-state index in [1.165, 1.54) is 7.11 Å². The quantitative estimate of drug-likeness (QED) is 0.374. The van der Waals surface area contributed by atoms with Crippen LogP contribution < -0.4 is 5.32 Å². The normalized spacial score (nSPS) is 10.5. The van der Waals surface area contributed by atoms with Gasteiger partial charge in [-0.1, -0.05) is 16.8 Å². The smallest absolute Gasteiger partial charge is 0.265 e. The number of rotatable bonds is 6. The molecule has 0 aliphatic carbocycles. The summed E-state index contributed by atoms with van der Waals surface area (Å²) in [6.45, 7) is 0.571. The maximum Gasteiger partial charge on any atom is 0.265 e. The van der Waals surface area contributed by atoms with E-state index in [2.05, 4.69) is 15.3 Å². The number of carbonyl (C=O) groups is 1. The maximum atomic E-state index is 11.1. The summed E-state index contributed by atoms with van der Waals surface area (Å²) in [6.07, 6.45) is 1.10. The van der Waals surface area contributed by atoms with Crippen LogP contribution in [0.25, 0.3) is 0 Å². The molecule has 1 amide bonds. The van der Waals surface area contributed by atoms with Crippen molar-refractivity contribution in [3.05, 3.63) is 29.3 Å². The Hall–Kier alpha value is -1.20. The van der Waals surface area contributed by atoms with Gasteiger partial charge in [0.2, 0.25) is 0 Å². The highest BCUT2D eigenvalue weighted by Gasteiger charge is 1.97. The van der Waals surface area contributed by atoms with Crippen molar-refractivity contribution >= 4 is 35.5 Å². The summed E-state index contributed by atoms with van der Waals surface area (Å²) in [6, 6.07) is 7.57. The zero-order chi connectivity index (χ0) is 12.5. The van der Waals surface area contributed by atoms with Crippen molar-refractivity contribution in [1.29, 1.82) is 0 Å². The molecule has 4 nitrogen and oxygen atoms in total. The molecule has 0 radical (unpaired) electrons. The van der Waals surface area contributed by atoms with E-state index in [1.807, 2.05) is 24.3 Å². The van der Waals surface area contributed by atoms with Crippen LogP contribution in [0.4, 0.5) is 0 Å². The van der Waals surface area contributed by atoms with Crippen LogP contribution >= 0.6 is 23.4 Å². The zero-order valence-corrected chi connectivity index (χ0v) is 10.9. The Morgan fingerprint density at radius 1 is 1.53 bits per heavy atom. The van der Waals surface area contributed by atoms with Gasteiger partial charge in [0.1, 0.15) is 13.3 Å². The van der Waals surface area contributed by atoms with Gasteiger partial charge in [-0.15, -0.1) is 11.8 Å². The number of amides is 1. The zero-order valence-electron chi connectivity index (χ0n) is 9.35. The Kier molecular flexibility index (Phi) is 6.50. The molecule has 1 rings (SSSR count). The standard InChI is InChI=1S/C11H13ClN2O2S/c1-16-14-8-11(15)13-6-7-17-10-4-2-9(12)3-5-10/h2-5,8H,6-7H2,1H3,(H,13,15)/b14-8+. The van der Waals surface area contributed by atoms with Crippen molar-refractivity contribution in [1.82, 2.24) is 5.32 Å².